The molecule has 0 bridgehead atoms. The van der Waals surface area contributed by atoms with Crippen LogP contribution in [-0.2, 0) is 58.9 Å². The van der Waals surface area contributed by atoms with Crippen LogP contribution in [0.2, 0.25) is 0 Å². The summed E-state index contributed by atoms with van der Waals surface area (Å²) in [5.41, 5.74) is 0.849. The molecule has 382 valence electrons. The fourth-order valence-electron chi connectivity index (χ4n) is 9.27. The van der Waals surface area contributed by atoms with Crippen molar-refractivity contribution in [2.24, 2.45) is 23.7 Å². The average molecular weight is 956 g/mol. The molecular weight excluding hydrogens is 875 g/mol. The molecule has 18 nitrogen and oxygen atoms in total. The van der Waals surface area contributed by atoms with E-state index in [-0.39, 0.29) is 99.6 Å². The number of likely N-dealkylation sites (tertiary alicyclic amines) is 1. The van der Waals surface area contributed by atoms with Crippen molar-refractivity contribution in [2.75, 3.05) is 81.4 Å². The third-order valence-corrected chi connectivity index (χ3v) is 13.1. The van der Waals surface area contributed by atoms with Crippen molar-refractivity contribution in [3.05, 3.63) is 48.0 Å². The van der Waals surface area contributed by atoms with Gasteiger partial charge in [0, 0.05) is 52.9 Å². The number of rotatable bonds is 30. The topological polar surface area (TPSA) is 205 Å². The molecule has 0 saturated carbocycles. The van der Waals surface area contributed by atoms with E-state index in [1.807, 2.05) is 90.9 Å². The summed E-state index contributed by atoms with van der Waals surface area (Å²) >= 11 is 0. The molecule has 1 saturated heterocycles. The standard InChI is InChI=1S/C50H81N7O11/c1-13-34(6)45(55(10)50(64)43(32(2)3)53-49(63)44(33(4)5)54(8)9)39(65-11)31-42(60)56-24-17-20-38(56)46(66-12)35(7)47(61)52-37(30-36-18-15-14-16-19-36)48(62)51-23-26-67-28-29-68-27-25-57-40(58)21-22-41(57)59/h14-16,18-19,21-22,32-35,37-39,43-46H,13,17,20,23-31H2,1-12H3,(H,51,62)(H,52,61)(H,53,63)/t34-,35-,37+,38+,39-,43+,44+,45+,46-/m1/s1. The molecule has 7 amide bonds. The second kappa shape index (κ2) is 28.7. The molecule has 1 fully saturated rings. The van der Waals surface area contributed by atoms with E-state index in [1.54, 1.807) is 30.9 Å². The van der Waals surface area contributed by atoms with E-state index < -0.39 is 60.1 Å². The largest absolute Gasteiger partial charge is 0.379 e. The van der Waals surface area contributed by atoms with Crippen LogP contribution in [0.3, 0.4) is 0 Å². The minimum absolute atomic E-state index is 0.0204. The van der Waals surface area contributed by atoms with E-state index in [0.717, 1.165) is 10.5 Å². The Morgan fingerprint density at radius 1 is 0.794 bits per heavy atom. The number of methoxy groups -OCH3 is 2. The van der Waals surface area contributed by atoms with Gasteiger partial charge in [-0.3, -0.25) is 43.4 Å². The number of nitrogens with zero attached hydrogens (tertiary/aromatic N) is 4. The number of carbonyl (C=O) groups is 7. The summed E-state index contributed by atoms with van der Waals surface area (Å²) in [7, 11) is 8.47. The Kier molecular flexibility index (Phi) is 24.3. The molecule has 9 atom stereocenters. The first-order chi connectivity index (χ1) is 32.3. The number of imide groups is 1. The molecule has 0 unspecified atom stereocenters. The zero-order valence-corrected chi connectivity index (χ0v) is 42.7. The molecular formula is C50H81N7O11. The lowest BCUT2D eigenvalue weighted by Crippen LogP contribution is -2.59. The molecule has 0 aromatic heterocycles. The maximum absolute atomic E-state index is 14.4. The number of amides is 7. The summed E-state index contributed by atoms with van der Waals surface area (Å²) in [4.78, 5) is 99.7. The van der Waals surface area contributed by atoms with Crippen LogP contribution in [0.15, 0.2) is 42.5 Å². The van der Waals surface area contributed by atoms with Gasteiger partial charge in [-0.15, -0.1) is 0 Å². The van der Waals surface area contributed by atoms with Crippen LogP contribution < -0.4 is 16.0 Å². The molecule has 2 aliphatic rings. The lowest BCUT2D eigenvalue weighted by Gasteiger charge is -2.41. The first-order valence-corrected chi connectivity index (χ1v) is 24.2. The number of carbonyl (C=O) groups excluding carboxylic acids is 7. The quantitative estimate of drug-likeness (QED) is 0.0752. The van der Waals surface area contributed by atoms with Gasteiger partial charge in [0.2, 0.25) is 29.5 Å². The molecule has 18 heteroatoms. The number of benzene rings is 1. The number of hydrogen-bond donors (Lipinski definition) is 3. The maximum atomic E-state index is 14.4. The van der Waals surface area contributed by atoms with Crippen molar-refractivity contribution < 1.29 is 52.5 Å². The van der Waals surface area contributed by atoms with Gasteiger partial charge in [0.25, 0.3) is 11.8 Å². The summed E-state index contributed by atoms with van der Waals surface area (Å²) in [6.07, 6.45) is 3.27. The van der Waals surface area contributed by atoms with Crippen LogP contribution in [0.1, 0.15) is 79.7 Å². The lowest BCUT2D eigenvalue weighted by molar-refractivity contribution is -0.148. The highest BCUT2D eigenvalue weighted by Gasteiger charge is 2.43. The maximum Gasteiger partial charge on any atom is 0.253 e. The van der Waals surface area contributed by atoms with E-state index in [1.165, 1.54) is 19.3 Å². The number of likely N-dealkylation sites (N-methyl/N-ethyl adjacent to an activating group) is 2. The van der Waals surface area contributed by atoms with Crippen molar-refractivity contribution in [3.63, 3.8) is 0 Å². The van der Waals surface area contributed by atoms with Gasteiger partial charge >= 0.3 is 0 Å². The SMILES string of the molecule is CC[C@@H](C)[C@@H]([C@@H](CC(=O)N1CCC[C@H]1[C@H](OC)[C@@H](C)C(=O)N[C@@H](Cc1ccccc1)C(=O)NCCOCCOCCN1C(=O)C=CC1=O)OC)N(C)C(=O)[C@@H](NC(=O)[C@H](C(C)C)N(C)C)C(C)C. The van der Waals surface area contributed by atoms with Crippen LogP contribution in [0.25, 0.3) is 0 Å². The van der Waals surface area contributed by atoms with Crippen LogP contribution >= 0.6 is 0 Å². The van der Waals surface area contributed by atoms with E-state index >= 15 is 0 Å². The monoisotopic (exact) mass is 956 g/mol. The summed E-state index contributed by atoms with van der Waals surface area (Å²) < 4.78 is 23.2. The van der Waals surface area contributed by atoms with Crippen molar-refractivity contribution in [2.45, 2.75) is 123 Å². The Morgan fingerprint density at radius 3 is 1.99 bits per heavy atom. The van der Waals surface area contributed by atoms with Crippen molar-refractivity contribution in [1.82, 2.24) is 35.6 Å². The molecule has 68 heavy (non-hydrogen) atoms. The Balaban J connectivity index is 1.67. The first kappa shape index (κ1) is 57.6. The Bertz CT molecular complexity index is 1800. The van der Waals surface area contributed by atoms with Gasteiger partial charge in [-0.05, 0) is 50.3 Å². The van der Waals surface area contributed by atoms with Gasteiger partial charge in [-0.1, -0.05) is 85.2 Å². The van der Waals surface area contributed by atoms with Crippen LogP contribution in [-0.4, -0.2) is 185 Å². The summed E-state index contributed by atoms with van der Waals surface area (Å²) in [5.74, 6) is -3.21. The van der Waals surface area contributed by atoms with Crippen LogP contribution in [0.4, 0.5) is 0 Å². The predicted octanol–water partition coefficient (Wildman–Crippen LogP) is 2.44. The second-order valence-electron chi connectivity index (χ2n) is 18.9. The fraction of sp³-hybridized carbons (Fsp3) is 0.700. The van der Waals surface area contributed by atoms with Crippen LogP contribution in [0.5, 0.6) is 0 Å². The van der Waals surface area contributed by atoms with E-state index in [2.05, 4.69) is 16.0 Å². The highest BCUT2D eigenvalue weighted by molar-refractivity contribution is 6.12. The average Bonchev–Trinajstić information content (AvgIpc) is 3.92. The second-order valence-corrected chi connectivity index (χ2v) is 18.9. The van der Waals surface area contributed by atoms with E-state index in [4.69, 9.17) is 18.9 Å². The van der Waals surface area contributed by atoms with Gasteiger partial charge in [0.05, 0.1) is 75.6 Å². The zero-order chi connectivity index (χ0) is 50.7. The summed E-state index contributed by atoms with van der Waals surface area (Å²) in [5, 5.41) is 8.85. The van der Waals surface area contributed by atoms with E-state index in [0.29, 0.717) is 25.8 Å². The Morgan fingerprint density at radius 2 is 1.43 bits per heavy atom. The third kappa shape index (κ3) is 16.5. The minimum atomic E-state index is -0.923. The van der Waals surface area contributed by atoms with Gasteiger partial charge in [0.1, 0.15) is 12.1 Å². The van der Waals surface area contributed by atoms with Gasteiger partial charge in [-0.25, -0.2) is 0 Å². The predicted molar refractivity (Wildman–Crippen MR) is 258 cm³/mol. The van der Waals surface area contributed by atoms with Gasteiger partial charge < -0.3 is 44.7 Å². The summed E-state index contributed by atoms with van der Waals surface area (Å²) in [6.45, 7) is 15.1. The molecule has 2 aliphatic heterocycles. The van der Waals surface area contributed by atoms with Crippen molar-refractivity contribution >= 4 is 41.4 Å². The normalized spacial score (nSPS) is 18.6. The molecule has 0 radical (unpaired) electrons. The number of nitrogens with one attached hydrogen (secondary N) is 3. The van der Waals surface area contributed by atoms with Gasteiger partial charge in [0.15, 0.2) is 0 Å². The number of hydrogen-bond acceptors (Lipinski definition) is 12. The lowest BCUT2D eigenvalue weighted by atomic mass is 9.89. The molecule has 0 aliphatic carbocycles. The molecule has 1 aromatic carbocycles. The highest BCUT2D eigenvalue weighted by atomic mass is 16.5. The molecule has 2 heterocycles. The van der Waals surface area contributed by atoms with Crippen molar-refractivity contribution in [1.29, 1.82) is 0 Å². The first-order valence-electron chi connectivity index (χ1n) is 24.2. The molecule has 3 N–H and O–H groups in total. The van der Waals surface area contributed by atoms with Gasteiger partial charge in [-0.2, -0.15) is 0 Å². The smallest absolute Gasteiger partial charge is 0.253 e. The summed E-state index contributed by atoms with van der Waals surface area (Å²) in [6, 6.07) is 6.28. The molecule has 0 spiro atoms. The molecule has 1 aromatic rings. The van der Waals surface area contributed by atoms with E-state index in [9.17, 15) is 33.6 Å². The number of ether oxygens (including phenoxy) is 4. The Hall–Kier alpha value is -4.75. The third-order valence-electron chi connectivity index (χ3n) is 13.1. The minimum Gasteiger partial charge on any atom is -0.379 e. The van der Waals surface area contributed by atoms with Crippen molar-refractivity contribution in [3.8, 4) is 0 Å². The van der Waals surface area contributed by atoms with Crippen LogP contribution in [0, 0.1) is 23.7 Å². The fourth-order valence-corrected chi connectivity index (χ4v) is 9.27. The highest BCUT2D eigenvalue weighted by Crippen LogP contribution is 2.30. The zero-order valence-electron chi connectivity index (χ0n) is 42.7. The Labute approximate surface area is 404 Å². The molecule has 3 rings (SSSR count).